The third kappa shape index (κ3) is 3.45. The lowest BCUT2D eigenvalue weighted by atomic mass is 9.77. The largest absolute Gasteiger partial charge is 0.506 e. The molecule has 128 valence electrons. The van der Waals surface area contributed by atoms with E-state index < -0.39 is 5.97 Å². The molecule has 0 saturated carbocycles. The van der Waals surface area contributed by atoms with E-state index >= 15 is 0 Å². The maximum absolute atomic E-state index is 11.3. The Hall–Kier alpha value is -2.29. The molecule has 0 heterocycles. The van der Waals surface area contributed by atoms with E-state index in [-0.39, 0.29) is 22.1 Å². The third-order valence-electron chi connectivity index (χ3n) is 4.25. The molecule has 2 aromatic rings. The third-order valence-corrected chi connectivity index (χ3v) is 4.25. The van der Waals surface area contributed by atoms with Crippen molar-refractivity contribution in [2.45, 2.75) is 52.4 Å². The van der Waals surface area contributed by atoms with Crippen LogP contribution in [0.2, 0.25) is 0 Å². The summed E-state index contributed by atoms with van der Waals surface area (Å²) in [5.74, 6) is -1.31. The van der Waals surface area contributed by atoms with E-state index in [0.717, 1.165) is 11.1 Å². The van der Waals surface area contributed by atoms with E-state index in [0.29, 0.717) is 5.56 Å². The van der Waals surface area contributed by atoms with Crippen LogP contribution in [0.3, 0.4) is 0 Å². The van der Waals surface area contributed by atoms with Crippen molar-refractivity contribution in [2.75, 3.05) is 0 Å². The number of benzene rings is 2. The average Bonchev–Trinajstić information content (AvgIpc) is 2.44. The van der Waals surface area contributed by atoms with E-state index in [9.17, 15) is 15.0 Å². The van der Waals surface area contributed by atoms with Crippen molar-refractivity contribution in [1.29, 1.82) is 0 Å². The van der Waals surface area contributed by atoms with Crippen LogP contribution in [0.25, 0.3) is 11.1 Å². The van der Waals surface area contributed by atoms with Crippen LogP contribution in [-0.2, 0) is 10.8 Å². The van der Waals surface area contributed by atoms with Crippen molar-refractivity contribution < 1.29 is 15.0 Å². The molecule has 0 aliphatic carbocycles. The Kier molecular flexibility index (Phi) is 4.49. The molecule has 0 spiro atoms. The lowest BCUT2D eigenvalue weighted by Crippen LogP contribution is -2.17. The molecule has 0 amide bonds. The predicted molar refractivity (Wildman–Crippen MR) is 97.9 cm³/mol. The Morgan fingerprint density at radius 1 is 0.875 bits per heavy atom. The maximum atomic E-state index is 11.3. The number of hydrogen-bond acceptors (Lipinski definition) is 2. The fraction of sp³-hybridized carbons (Fsp3) is 0.381. The molecule has 24 heavy (non-hydrogen) atoms. The minimum Gasteiger partial charge on any atom is -0.506 e. The molecule has 0 unspecified atom stereocenters. The summed E-state index contributed by atoms with van der Waals surface area (Å²) < 4.78 is 0. The number of hydrogen-bond donors (Lipinski definition) is 2. The van der Waals surface area contributed by atoms with Crippen molar-refractivity contribution >= 4 is 5.97 Å². The molecule has 0 aliphatic heterocycles. The van der Waals surface area contributed by atoms with Crippen molar-refractivity contribution in [3.05, 3.63) is 53.1 Å². The zero-order valence-electron chi connectivity index (χ0n) is 15.3. The highest BCUT2D eigenvalue weighted by molar-refractivity contribution is 5.94. The Morgan fingerprint density at radius 2 is 1.50 bits per heavy atom. The number of para-hydroxylation sites is 1. The minimum atomic E-state index is -1.13. The van der Waals surface area contributed by atoms with Gasteiger partial charge in [-0.1, -0.05) is 71.9 Å². The van der Waals surface area contributed by atoms with Crippen LogP contribution in [0, 0.1) is 0 Å². The van der Waals surface area contributed by atoms with E-state index in [1.807, 2.05) is 6.07 Å². The van der Waals surface area contributed by atoms with Gasteiger partial charge in [0.25, 0.3) is 0 Å². The number of carboxylic acids is 1. The van der Waals surface area contributed by atoms with Gasteiger partial charge in [0.1, 0.15) is 11.3 Å². The summed E-state index contributed by atoms with van der Waals surface area (Å²) in [4.78, 5) is 11.3. The smallest absolute Gasteiger partial charge is 0.339 e. The monoisotopic (exact) mass is 326 g/mol. The number of carboxylic acid groups (broad SMARTS) is 1. The van der Waals surface area contributed by atoms with Crippen LogP contribution >= 0.6 is 0 Å². The fourth-order valence-corrected chi connectivity index (χ4v) is 2.80. The van der Waals surface area contributed by atoms with Crippen LogP contribution in [0.4, 0.5) is 0 Å². The number of carbonyl (C=O) groups is 1. The first kappa shape index (κ1) is 18.1. The van der Waals surface area contributed by atoms with Crippen LogP contribution < -0.4 is 0 Å². The molecule has 2 N–H and O–H groups in total. The van der Waals surface area contributed by atoms with Crippen LogP contribution in [-0.4, -0.2) is 16.2 Å². The lowest BCUT2D eigenvalue weighted by Gasteiger charge is -2.28. The van der Waals surface area contributed by atoms with Gasteiger partial charge in [-0.15, -0.1) is 0 Å². The summed E-state index contributed by atoms with van der Waals surface area (Å²) >= 11 is 0. The second kappa shape index (κ2) is 5.97. The van der Waals surface area contributed by atoms with E-state index in [1.165, 1.54) is 11.6 Å². The Labute approximate surface area is 144 Å². The second-order valence-corrected chi connectivity index (χ2v) is 8.27. The highest BCUT2D eigenvalue weighted by Gasteiger charge is 2.25. The lowest BCUT2D eigenvalue weighted by molar-refractivity contribution is 0.0694. The molecule has 0 saturated heterocycles. The summed E-state index contributed by atoms with van der Waals surface area (Å²) in [5.41, 5.74) is 3.53. The van der Waals surface area contributed by atoms with Crippen LogP contribution in [0.5, 0.6) is 5.75 Å². The molecular weight excluding hydrogens is 300 g/mol. The molecular formula is C21H26O3. The number of aromatic carboxylic acids is 1. The fourth-order valence-electron chi connectivity index (χ4n) is 2.80. The molecule has 3 heteroatoms. The molecule has 0 aliphatic rings. The normalized spacial score (nSPS) is 12.2. The van der Waals surface area contributed by atoms with Gasteiger partial charge in [-0.2, -0.15) is 0 Å². The summed E-state index contributed by atoms with van der Waals surface area (Å²) in [5, 5.41) is 19.7. The first-order chi connectivity index (χ1) is 10.9. The van der Waals surface area contributed by atoms with Gasteiger partial charge < -0.3 is 10.2 Å². The van der Waals surface area contributed by atoms with Gasteiger partial charge in [0.05, 0.1) is 0 Å². The number of aromatic hydroxyl groups is 1. The van der Waals surface area contributed by atoms with Gasteiger partial charge in [-0.3, -0.25) is 0 Å². The highest BCUT2D eigenvalue weighted by Crippen LogP contribution is 2.40. The van der Waals surface area contributed by atoms with E-state index in [2.05, 4.69) is 53.7 Å². The first-order valence-electron chi connectivity index (χ1n) is 8.13. The maximum Gasteiger partial charge on any atom is 0.339 e. The zero-order valence-corrected chi connectivity index (χ0v) is 15.3. The van der Waals surface area contributed by atoms with Gasteiger partial charge in [0.15, 0.2) is 0 Å². The summed E-state index contributed by atoms with van der Waals surface area (Å²) in [6.07, 6.45) is 0. The van der Waals surface area contributed by atoms with E-state index in [1.54, 1.807) is 12.1 Å². The average molecular weight is 326 g/mol. The molecule has 0 atom stereocenters. The minimum absolute atomic E-state index is 0.0173. The summed E-state index contributed by atoms with van der Waals surface area (Å²) in [6, 6.07) is 11.1. The number of rotatable bonds is 2. The standard InChI is InChI=1S/C21H26O3/c1-20(2,3)13-10-11-14(17(12-13)21(4,5)6)15-8-7-9-16(18(15)22)19(23)24/h7-12,22H,1-6H3,(H,23,24). The predicted octanol–water partition coefficient (Wildman–Crippen LogP) is 5.35. The van der Waals surface area contributed by atoms with E-state index in [4.69, 9.17) is 0 Å². The molecule has 0 radical (unpaired) electrons. The molecule has 2 aromatic carbocycles. The summed E-state index contributed by atoms with van der Waals surface area (Å²) in [6.45, 7) is 12.9. The molecule has 0 bridgehead atoms. The summed E-state index contributed by atoms with van der Waals surface area (Å²) in [7, 11) is 0. The van der Waals surface area contributed by atoms with Crippen molar-refractivity contribution in [2.24, 2.45) is 0 Å². The van der Waals surface area contributed by atoms with Crippen molar-refractivity contribution in [1.82, 2.24) is 0 Å². The van der Waals surface area contributed by atoms with Crippen LogP contribution in [0.1, 0.15) is 63.0 Å². The van der Waals surface area contributed by atoms with Crippen LogP contribution in [0.15, 0.2) is 36.4 Å². The number of phenols is 1. The Morgan fingerprint density at radius 3 is 2.00 bits per heavy atom. The van der Waals surface area contributed by atoms with Crippen molar-refractivity contribution in [3.8, 4) is 16.9 Å². The molecule has 0 fully saturated rings. The first-order valence-corrected chi connectivity index (χ1v) is 8.13. The van der Waals surface area contributed by atoms with Gasteiger partial charge in [0.2, 0.25) is 0 Å². The molecule has 2 rings (SSSR count). The Balaban J connectivity index is 2.76. The Bertz CT molecular complexity index is 775. The second-order valence-electron chi connectivity index (χ2n) is 8.27. The molecule has 0 aromatic heterocycles. The van der Waals surface area contributed by atoms with Gasteiger partial charge in [-0.05, 0) is 33.6 Å². The highest BCUT2D eigenvalue weighted by atomic mass is 16.4. The molecule has 3 nitrogen and oxygen atoms in total. The van der Waals surface area contributed by atoms with Gasteiger partial charge >= 0.3 is 5.97 Å². The van der Waals surface area contributed by atoms with Crippen molar-refractivity contribution in [3.63, 3.8) is 0 Å². The van der Waals surface area contributed by atoms with Gasteiger partial charge in [-0.25, -0.2) is 4.79 Å². The quantitative estimate of drug-likeness (QED) is 0.782. The van der Waals surface area contributed by atoms with Gasteiger partial charge in [0, 0.05) is 5.56 Å². The zero-order chi connectivity index (χ0) is 18.3. The topological polar surface area (TPSA) is 57.5 Å². The SMILES string of the molecule is CC(C)(C)c1ccc(-c2cccc(C(=O)O)c2O)c(C(C)(C)C)c1.